The molecule has 8 heavy (non-hydrogen) atoms. The van der Waals surface area contributed by atoms with Gasteiger partial charge in [-0.3, -0.25) is 0 Å². The van der Waals surface area contributed by atoms with Crippen molar-refractivity contribution in [2.24, 2.45) is 0 Å². The second-order valence-corrected chi connectivity index (χ2v) is 1.77. The number of alkyl halides is 1. The van der Waals surface area contributed by atoms with Gasteiger partial charge in [0.15, 0.2) is 0 Å². The van der Waals surface area contributed by atoms with Gasteiger partial charge in [0, 0.05) is 0 Å². The van der Waals surface area contributed by atoms with E-state index in [4.69, 9.17) is 5.02 Å². The highest BCUT2D eigenvalue weighted by Crippen LogP contribution is 2.02. The second kappa shape index (κ2) is 3.67. The Morgan fingerprint density at radius 1 is 2.00 bits per heavy atom. The maximum atomic E-state index is 11.9. The first-order valence-corrected chi connectivity index (χ1v) is 2.46. The maximum Gasteiger partial charge on any atom is 0.321 e. The van der Waals surface area contributed by atoms with Gasteiger partial charge in [0.05, 0.1) is 0 Å². The van der Waals surface area contributed by atoms with Crippen LogP contribution in [-0.2, 0) is 0 Å². The van der Waals surface area contributed by atoms with Crippen LogP contribution in [0.5, 0.6) is 0 Å². The zero-order valence-electron chi connectivity index (χ0n) is 4.89. The standard InChI is InChI=1S/C5H9BFO/c1-4(6-8)3-5(2)7/h5,8H,1,3H2,2H3. The summed E-state index contributed by atoms with van der Waals surface area (Å²) in [5, 5.41) is 8.19. The topological polar surface area (TPSA) is 20.2 Å². The van der Waals surface area contributed by atoms with Crippen molar-refractivity contribution in [1.82, 2.24) is 0 Å². The van der Waals surface area contributed by atoms with E-state index in [2.05, 4.69) is 6.58 Å². The summed E-state index contributed by atoms with van der Waals surface area (Å²) in [6.45, 7) is 4.79. The predicted octanol–water partition coefficient (Wildman–Crippen LogP) is 0.860. The summed E-state index contributed by atoms with van der Waals surface area (Å²) in [4.78, 5) is 0. The third-order valence-electron chi connectivity index (χ3n) is 0.726. The summed E-state index contributed by atoms with van der Waals surface area (Å²) in [6.07, 6.45) is -0.692. The molecule has 3 heteroatoms. The molecule has 0 aliphatic carbocycles. The van der Waals surface area contributed by atoms with Crippen molar-refractivity contribution in [2.45, 2.75) is 19.5 Å². The molecular formula is C5H9BFO. The summed E-state index contributed by atoms with van der Waals surface area (Å²) in [5.41, 5.74) is 0.431. The summed E-state index contributed by atoms with van der Waals surface area (Å²) < 4.78 is 11.9. The third kappa shape index (κ3) is 3.87. The molecule has 1 atom stereocenters. The molecule has 0 aromatic carbocycles. The minimum Gasteiger partial charge on any atom is -0.450 e. The zero-order valence-corrected chi connectivity index (χ0v) is 4.89. The Kier molecular flexibility index (Phi) is 3.53. The summed E-state index contributed by atoms with van der Waals surface area (Å²) >= 11 is 0. The second-order valence-electron chi connectivity index (χ2n) is 1.77. The molecule has 0 aliphatic heterocycles. The minimum absolute atomic E-state index is 0.219. The maximum absolute atomic E-state index is 11.9. The first-order valence-electron chi connectivity index (χ1n) is 2.46. The van der Waals surface area contributed by atoms with Gasteiger partial charge in [-0.2, -0.15) is 0 Å². The number of hydrogen-bond donors (Lipinski definition) is 1. The smallest absolute Gasteiger partial charge is 0.321 e. The fourth-order valence-corrected chi connectivity index (χ4v) is 0.414. The molecule has 0 aromatic rings. The average Bonchev–Trinajstić information content (AvgIpc) is 1.65. The molecule has 0 saturated carbocycles. The SMILES string of the molecule is C=C([B]O)CC(C)F. The van der Waals surface area contributed by atoms with Crippen LogP contribution in [0, 0.1) is 0 Å². The summed E-state index contributed by atoms with van der Waals surface area (Å²) in [7, 11) is 0.829. The largest absolute Gasteiger partial charge is 0.450 e. The number of halogens is 1. The molecule has 0 saturated heterocycles. The van der Waals surface area contributed by atoms with Gasteiger partial charge in [0.2, 0.25) is 0 Å². The van der Waals surface area contributed by atoms with Crippen LogP contribution < -0.4 is 0 Å². The Balaban J connectivity index is 3.25. The van der Waals surface area contributed by atoms with Gasteiger partial charge in [-0.05, 0) is 13.3 Å². The molecule has 1 N–H and O–H groups in total. The van der Waals surface area contributed by atoms with E-state index in [1.165, 1.54) is 6.92 Å². The van der Waals surface area contributed by atoms with E-state index in [1.54, 1.807) is 0 Å². The van der Waals surface area contributed by atoms with E-state index in [9.17, 15) is 4.39 Å². The average molecular weight is 115 g/mol. The van der Waals surface area contributed by atoms with Crippen LogP contribution in [0.4, 0.5) is 4.39 Å². The molecule has 0 amide bonds. The van der Waals surface area contributed by atoms with Crippen molar-refractivity contribution in [2.75, 3.05) is 0 Å². The number of hydrogen-bond acceptors (Lipinski definition) is 1. The van der Waals surface area contributed by atoms with Gasteiger partial charge >= 0.3 is 7.48 Å². The van der Waals surface area contributed by atoms with Crippen LogP contribution in [0.3, 0.4) is 0 Å². The fraction of sp³-hybridized carbons (Fsp3) is 0.600. The van der Waals surface area contributed by atoms with E-state index >= 15 is 0 Å². The van der Waals surface area contributed by atoms with E-state index < -0.39 is 6.17 Å². The highest BCUT2D eigenvalue weighted by atomic mass is 19.1. The van der Waals surface area contributed by atoms with E-state index in [-0.39, 0.29) is 6.42 Å². The molecule has 0 rings (SSSR count). The van der Waals surface area contributed by atoms with E-state index in [1.807, 2.05) is 0 Å². The van der Waals surface area contributed by atoms with Crippen LogP contribution in [0.2, 0.25) is 0 Å². The molecule has 0 aromatic heterocycles. The molecule has 45 valence electrons. The van der Waals surface area contributed by atoms with Gasteiger partial charge in [0.25, 0.3) is 0 Å². The number of rotatable bonds is 3. The molecular weight excluding hydrogens is 106 g/mol. The van der Waals surface area contributed by atoms with Gasteiger partial charge in [-0.1, -0.05) is 5.47 Å². The zero-order chi connectivity index (χ0) is 6.57. The number of allylic oxidation sites excluding steroid dienone is 1. The molecule has 0 heterocycles. The van der Waals surface area contributed by atoms with Gasteiger partial charge < -0.3 is 5.02 Å². The quantitative estimate of drug-likeness (QED) is 0.540. The highest BCUT2D eigenvalue weighted by Gasteiger charge is 2.00. The van der Waals surface area contributed by atoms with Crippen LogP contribution >= 0.6 is 0 Å². The van der Waals surface area contributed by atoms with Crippen molar-refractivity contribution in [3.8, 4) is 0 Å². The Hall–Kier alpha value is -0.305. The van der Waals surface area contributed by atoms with E-state index in [0.29, 0.717) is 5.47 Å². The molecule has 1 radical (unpaired) electrons. The highest BCUT2D eigenvalue weighted by molar-refractivity contribution is 6.36. The van der Waals surface area contributed by atoms with E-state index in [0.717, 1.165) is 7.48 Å². The lowest BCUT2D eigenvalue weighted by Crippen LogP contribution is -2.00. The molecule has 0 spiro atoms. The Labute approximate surface area is 49.5 Å². The molecule has 0 bridgehead atoms. The van der Waals surface area contributed by atoms with Crippen molar-refractivity contribution in [3.05, 3.63) is 12.1 Å². The Morgan fingerprint density at radius 2 is 2.50 bits per heavy atom. The lowest BCUT2D eigenvalue weighted by atomic mass is 9.86. The van der Waals surface area contributed by atoms with Crippen LogP contribution in [0.25, 0.3) is 0 Å². The van der Waals surface area contributed by atoms with Crippen molar-refractivity contribution in [3.63, 3.8) is 0 Å². The predicted molar refractivity (Wildman–Crippen MR) is 32.3 cm³/mol. The molecule has 0 fully saturated rings. The van der Waals surface area contributed by atoms with Crippen molar-refractivity contribution in [1.29, 1.82) is 0 Å². The first-order chi connectivity index (χ1) is 3.66. The first kappa shape index (κ1) is 7.69. The van der Waals surface area contributed by atoms with Crippen LogP contribution in [-0.4, -0.2) is 18.7 Å². The fourth-order valence-electron chi connectivity index (χ4n) is 0.414. The lowest BCUT2D eigenvalue weighted by molar-refractivity contribution is 0.362. The lowest BCUT2D eigenvalue weighted by Gasteiger charge is -1.98. The molecule has 1 unspecified atom stereocenters. The summed E-state index contributed by atoms with van der Waals surface area (Å²) in [6, 6.07) is 0. The molecule has 0 aliphatic rings. The third-order valence-corrected chi connectivity index (χ3v) is 0.726. The Morgan fingerprint density at radius 3 is 2.62 bits per heavy atom. The van der Waals surface area contributed by atoms with Crippen LogP contribution in [0.1, 0.15) is 13.3 Å². The van der Waals surface area contributed by atoms with Gasteiger partial charge in [-0.15, -0.1) is 6.58 Å². The minimum atomic E-state index is -0.911. The summed E-state index contributed by atoms with van der Waals surface area (Å²) in [5.74, 6) is 0. The van der Waals surface area contributed by atoms with Crippen molar-refractivity contribution >= 4 is 7.48 Å². The molecule has 1 nitrogen and oxygen atoms in total. The normalized spacial score (nSPS) is 12.9. The van der Waals surface area contributed by atoms with Crippen molar-refractivity contribution < 1.29 is 9.41 Å². The van der Waals surface area contributed by atoms with Crippen LogP contribution in [0.15, 0.2) is 12.1 Å². The monoisotopic (exact) mass is 115 g/mol. The van der Waals surface area contributed by atoms with Gasteiger partial charge in [-0.25, -0.2) is 4.39 Å². The Bertz CT molecular complexity index is 82.5. The van der Waals surface area contributed by atoms with Gasteiger partial charge in [0.1, 0.15) is 6.17 Å².